The molecule has 4 aliphatic rings. The summed E-state index contributed by atoms with van der Waals surface area (Å²) >= 11 is 0. The molecule has 13 heteroatoms. The highest BCUT2D eigenvalue weighted by Crippen LogP contribution is 2.38. The fourth-order valence-corrected chi connectivity index (χ4v) is 6.84. The Morgan fingerprint density at radius 1 is 0.796 bits per heavy atom. The van der Waals surface area contributed by atoms with Crippen LogP contribution in [0, 0.1) is 10.8 Å². The Kier molecular flexibility index (Phi) is 11.9. The third-order valence-corrected chi connectivity index (χ3v) is 10.0. The van der Waals surface area contributed by atoms with Gasteiger partial charge in [-0.25, -0.2) is 19.4 Å². The van der Waals surface area contributed by atoms with Gasteiger partial charge >= 0.3 is 12.2 Å². The summed E-state index contributed by atoms with van der Waals surface area (Å²) in [4.78, 5) is 55.5. The summed E-state index contributed by atoms with van der Waals surface area (Å²) < 4.78 is 21.0. The Balaban J connectivity index is 0.000000192. The Morgan fingerprint density at radius 3 is 1.78 bits per heavy atom. The van der Waals surface area contributed by atoms with Gasteiger partial charge in [0.15, 0.2) is 0 Å². The Labute approximate surface area is 286 Å². The molecular formula is C36H45N5O8. The lowest BCUT2D eigenvalue weighted by Gasteiger charge is -2.38. The molecule has 6 rings (SSSR count). The predicted octanol–water partition coefficient (Wildman–Crippen LogP) is 5.86. The van der Waals surface area contributed by atoms with Gasteiger partial charge in [-0.15, -0.1) is 0 Å². The molecule has 0 bridgehead atoms. The smallest absolute Gasteiger partial charge is 0.416 e. The van der Waals surface area contributed by atoms with Crippen molar-refractivity contribution in [1.82, 2.24) is 9.80 Å². The molecule has 3 atom stereocenters. The number of carbonyl (C=O) groups excluding carboxylic acids is 4. The van der Waals surface area contributed by atoms with Crippen molar-refractivity contribution in [3.05, 3.63) is 82.2 Å². The van der Waals surface area contributed by atoms with Crippen LogP contribution in [0.5, 0.6) is 0 Å². The predicted molar refractivity (Wildman–Crippen MR) is 178 cm³/mol. The summed E-state index contributed by atoms with van der Waals surface area (Å²) in [6.07, 6.45) is 3.21. The maximum absolute atomic E-state index is 13.2. The van der Waals surface area contributed by atoms with Crippen molar-refractivity contribution >= 4 is 24.0 Å². The third-order valence-electron chi connectivity index (χ3n) is 10.0. The standard InChI is InChI=1S/C18H22N4O4.C18H23NO4/c1-18(7-9-25-10-8-18)15(20-21-19)16(23)22-14(12-26-17(22)24)11-13-5-3-2-4-6-13;1-18(7-9-22-10-8-18)12-16(20)19-15(13-23-17(19)21)11-14-5-3-2-4-6-14/h2-6,14-15H,7-12H2,1H3;2-6,15H,7-13H2,1H3/t14-,15+;15-/m00/s1. The molecule has 0 N–H and O–H groups in total. The molecule has 2 aromatic carbocycles. The van der Waals surface area contributed by atoms with Gasteiger partial charge < -0.3 is 18.9 Å². The van der Waals surface area contributed by atoms with Gasteiger partial charge in [0.05, 0.1) is 12.1 Å². The number of azide groups is 1. The van der Waals surface area contributed by atoms with Crippen molar-refractivity contribution in [2.75, 3.05) is 39.6 Å². The zero-order valence-electron chi connectivity index (χ0n) is 28.2. The van der Waals surface area contributed by atoms with Gasteiger partial charge in [0.25, 0.3) is 0 Å². The van der Waals surface area contributed by atoms with Crippen LogP contribution >= 0.6 is 0 Å². The first-order valence-corrected chi connectivity index (χ1v) is 16.9. The molecule has 262 valence electrons. The summed E-state index contributed by atoms with van der Waals surface area (Å²) in [6.45, 7) is 6.78. The maximum atomic E-state index is 13.2. The van der Waals surface area contributed by atoms with Crippen LogP contribution in [0.2, 0.25) is 0 Å². The topological polar surface area (TPSA) is 160 Å². The zero-order valence-corrected chi connectivity index (χ0v) is 28.2. The lowest BCUT2D eigenvalue weighted by Crippen LogP contribution is -2.51. The Hall–Kier alpha value is -4.45. The SMILES string of the molecule is CC1(CC(=O)N2C(=O)OC[C@@H]2Cc2ccccc2)CCOCC1.CC1([C@H](N=[N+]=[N-])C(=O)N2C(=O)OC[C@@H]2Cc2ccccc2)CCOCC1. The number of nitrogens with zero attached hydrogens (tertiary/aromatic N) is 5. The molecule has 2 aromatic rings. The average Bonchev–Trinajstić information content (AvgIpc) is 3.65. The first kappa shape index (κ1) is 35.8. The summed E-state index contributed by atoms with van der Waals surface area (Å²) in [5.74, 6) is -0.617. The number of hydrogen-bond donors (Lipinski definition) is 0. The number of cyclic esters (lactones) is 2. The summed E-state index contributed by atoms with van der Waals surface area (Å²) in [5, 5.41) is 3.77. The van der Waals surface area contributed by atoms with Crippen LogP contribution < -0.4 is 0 Å². The van der Waals surface area contributed by atoms with Crippen LogP contribution in [0.25, 0.3) is 10.4 Å². The normalized spacial score (nSPS) is 23.3. The second kappa shape index (κ2) is 16.3. The molecule has 0 aliphatic carbocycles. The zero-order chi connectivity index (χ0) is 34.9. The summed E-state index contributed by atoms with van der Waals surface area (Å²) in [5.41, 5.74) is 10.5. The molecule has 4 saturated heterocycles. The number of amides is 4. The lowest BCUT2D eigenvalue weighted by molar-refractivity contribution is -0.135. The van der Waals surface area contributed by atoms with Crippen LogP contribution in [-0.4, -0.2) is 91.6 Å². The van der Waals surface area contributed by atoms with Gasteiger partial charge in [0.2, 0.25) is 11.8 Å². The number of ether oxygens (including phenoxy) is 4. The molecule has 4 fully saturated rings. The average molecular weight is 676 g/mol. The number of rotatable bonds is 9. The number of carbonyl (C=O) groups is 4. The minimum Gasteiger partial charge on any atom is -0.447 e. The van der Waals surface area contributed by atoms with Gasteiger partial charge in [-0.3, -0.25) is 9.59 Å². The van der Waals surface area contributed by atoms with Crippen LogP contribution in [0.15, 0.2) is 65.8 Å². The van der Waals surface area contributed by atoms with E-state index >= 15 is 0 Å². The van der Waals surface area contributed by atoms with E-state index in [4.69, 9.17) is 24.5 Å². The van der Waals surface area contributed by atoms with Crippen molar-refractivity contribution in [3.8, 4) is 0 Å². The van der Waals surface area contributed by atoms with E-state index in [2.05, 4.69) is 16.9 Å². The van der Waals surface area contributed by atoms with E-state index in [0.717, 1.165) is 28.9 Å². The summed E-state index contributed by atoms with van der Waals surface area (Å²) in [6, 6.07) is 17.9. The highest BCUT2D eigenvalue weighted by Gasteiger charge is 2.47. The van der Waals surface area contributed by atoms with E-state index in [-0.39, 0.29) is 30.6 Å². The Bertz CT molecular complexity index is 1500. The third kappa shape index (κ3) is 8.97. The molecule has 4 heterocycles. The highest BCUT2D eigenvalue weighted by molar-refractivity contribution is 5.97. The molecule has 49 heavy (non-hydrogen) atoms. The molecule has 4 aliphatic heterocycles. The van der Waals surface area contributed by atoms with E-state index in [0.29, 0.717) is 58.5 Å². The number of imide groups is 2. The summed E-state index contributed by atoms with van der Waals surface area (Å²) in [7, 11) is 0. The molecule has 0 saturated carbocycles. The van der Waals surface area contributed by atoms with Crippen molar-refractivity contribution in [1.29, 1.82) is 0 Å². The van der Waals surface area contributed by atoms with Gasteiger partial charge in [-0.1, -0.05) is 79.6 Å². The van der Waals surface area contributed by atoms with E-state index < -0.39 is 35.6 Å². The van der Waals surface area contributed by atoms with Crippen molar-refractivity contribution in [2.24, 2.45) is 15.9 Å². The molecule has 0 aromatic heterocycles. The van der Waals surface area contributed by atoms with Crippen molar-refractivity contribution in [3.63, 3.8) is 0 Å². The molecule has 0 spiro atoms. The van der Waals surface area contributed by atoms with Crippen LogP contribution in [-0.2, 0) is 41.4 Å². The minimum absolute atomic E-state index is 0.0878. The molecule has 4 amide bonds. The second-order valence-corrected chi connectivity index (χ2v) is 13.8. The van der Waals surface area contributed by atoms with Gasteiger partial charge in [-0.05, 0) is 66.0 Å². The minimum atomic E-state index is -0.958. The fraction of sp³-hybridized carbons (Fsp3) is 0.556. The van der Waals surface area contributed by atoms with Crippen LogP contribution in [0.1, 0.15) is 57.1 Å². The second-order valence-electron chi connectivity index (χ2n) is 13.8. The van der Waals surface area contributed by atoms with E-state index in [1.54, 1.807) is 0 Å². The first-order chi connectivity index (χ1) is 23.6. The highest BCUT2D eigenvalue weighted by atomic mass is 16.6. The van der Waals surface area contributed by atoms with E-state index in [9.17, 15) is 19.2 Å². The van der Waals surface area contributed by atoms with Crippen LogP contribution in [0.3, 0.4) is 0 Å². The van der Waals surface area contributed by atoms with Crippen molar-refractivity contribution in [2.45, 2.75) is 76.9 Å². The molecule has 13 nitrogen and oxygen atoms in total. The monoisotopic (exact) mass is 675 g/mol. The number of hydrogen-bond acceptors (Lipinski definition) is 9. The van der Waals surface area contributed by atoms with Gasteiger partial charge in [-0.2, -0.15) is 0 Å². The maximum Gasteiger partial charge on any atom is 0.416 e. The first-order valence-electron chi connectivity index (χ1n) is 16.9. The van der Waals surface area contributed by atoms with Gasteiger partial charge in [0, 0.05) is 37.8 Å². The quantitative estimate of drug-likeness (QED) is 0.182. The fourth-order valence-electron chi connectivity index (χ4n) is 6.84. The van der Waals surface area contributed by atoms with Gasteiger partial charge in [0.1, 0.15) is 19.3 Å². The largest absolute Gasteiger partial charge is 0.447 e. The van der Waals surface area contributed by atoms with E-state index in [1.807, 2.05) is 67.6 Å². The van der Waals surface area contributed by atoms with Crippen molar-refractivity contribution < 1.29 is 38.1 Å². The number of benzene rings is 2. The van der Waals surface area contributed by atoms with Crippen LogP contribution in [0.4, 0.5) is 9.59 Å². The molecular weight excluding hydrogens is 630 g/mol. The van der Waals surface area contributed by atoms with E-state index in [1.165, 1.54) is 4.90 Å². The molecule has 0 radical (unpaired) electrons. The Morgan fingerprint density at radius 2 is 1.27 bits per heavy atom. The lowest BCUT2D eigenvalue weighted by atomic mass is 9.75. The molecule has 0 unspecified atom stereocenters.